The Bertz CT molecular complexity index is 577. The maximum absolute atomic E-state index is 10.9. The fourth-order valence-corrected chi connectivity index (χ4v) is 1.69. The van der Waals surface area contributed by atoms with Gasteiger partial charge in [0.25, 0.3) is 5.69 Å². The molecule has 0 amide bonds. The van der Waals surface area contributed by atoms with E-state index in [1.807, 2.05) is 19.9 Å². The Morgan fingerprint density at radius 3 is 2.83 bits per heavy atom. The summed E-state index contributed by atoms with van der Waals surface area (Å²) in [6.45, 7) is 4.16. The molecule has 0 saturated carbocycles. The summed E-state index contributed by atoms with van der Waals surface area (Å²) < 4.78 is 0. The van der Waals surface area contributed by atoms with Crippen molar-refractivity contribution in [1.82, 2.24) is 9.97 Å². The molecule has 2 rings (SSSR count). The summed E-state index contributed by atoms with van der Waals surface area (Å²) in [6.07, 6.45) is 1.71. The number of imidazole rings is 1. The predicted octanol–water partition coefficient (Wildman–Crippen LogP) is 2.55. The highest BCUT2D eigenvalue weighted by atomic mass is 16.6. The van der Waals surface area contributed by atoms with Crippen LogP contribution in [0.4, 0.5) is 11.4 Å². The zero-order chi connectivity index (χ0) is 13.1. The molecule has 18 heavy (non-hydrogen) atoms. The van der Waals surface area contributed by atoms with Gasteiger partial charge in [0.1, 0.15) is 11.5 Å². The van der Waals surface area contributed by atoms with Crippen LogP contribution in [0.2, 0.25) is 0 Å². The van der Waals surface area contributed by atoms with E-state index in [0.717, 1.165) is 17.1 Å². The average molecular weight is 246 g/mol. The first-order valence-electron chi connectivity index (χ1n) is 5.55. The van der Waals surface area contributed by atoms with Crippen LogP contribution >= 0.6 is 0 Å². The van der Waals surface area contributed by atoms with Gasteiger partial charge in [-0.15, -0.1) is 0 Å². The van der Waals surface area contributed by atoms with Crippen molar-refractivity contribution in [2.45, 2.75) is 20.4 Å². The van der Waals surface area contributed by atoms with Gasteiger partial charge in [-0.05, 0) is 25.5 Å². The molecule has 0 aliphatic rings. The quantitative estimate of drug-likeness (QED) is 0.641. The van der Waals surface area contributed by atoms with Crippen molar-refractivity contribution in [3.05, 3.63) is 51.6 Å². The highest BCUT2D eigenvalue weighted by Gasteiger charge is 2.13. The van der Waals surface area contributed by atoms with Crippen LogP contribution in [0, 0.1) is 24.0 Å². The second-order valence-electron chi connectivity index (χ2n) is 4.13. The molecule has 1 aromatic heterocycles. The van der Waals surface area contributed by atoms with Crippen molar-refractivity contribution in [3.63, 3.8) is 0 Å². The van der Waals surface area contributed by atoms with E-state index in [-0.39, 0.29) is 10.6 Å². The fraction of sp³-hybridized carbons (Fsp3) is 0.250. The average Bonchev–Trinajstić information content (AvgIpc) is 2.73. The summed E-state index contributed by atoms with van der Waals surface area (Å²) in [7, 11) is 0. The van der Waals surface area contributed by atoms with Crippen LogP contribution in [0.1, 0.15) is 17.1 Å². The molecule has 0 aliphatic carbocycles. The van der Waals surface area contributed by atoms with Gasteiger partial charge in [0.15, 0.2) is 0 Å². The first kappa shape index (κ1) is 12.1. The molecule has 2 aromatic rings. The lowest BCUT2D eigenvalue weighted by atomic mass is 10.2. The molecule has 1 heterocycles. The van der Waals surface area contributed by atoms with Crippen LogP contribution in [0.25, 0.3) is 0 Å². The van der Waals surface area contributed by atoms with Gasteiger partial charge in [-0.2, -0.15) is 0 Å². The molecule has 0 unspecified atom stereocenters. The smallest absolute Gasteiger partial charge is 0.292 e. The number of nitrogens with zero attached hydrogens (tertiary/aromatic N) is 2. The number of aromatic amines is 1. The van der Waals surface area contributed by atoms with E-state index in [1.165, 1.54) is 0 Å². The van der Waals surface area contributed by atoms with E-state index in [1.54, 1.807) is 18.3 Å². The molecule has 0 bridgehead atoms. The minimum atomic E-state index is -0.381. The first-order valence-corrected chi connectivity index (χ1v) is 5.55. The lowest BCUT2D eigenvalue weighted by Gasteiger charge is -2.06. The Morgan fingerprint density at radius 2 is 2.22 bits per heavy atom. The zero-order valence-electron chi connectivity index (χ0n) is 10.2. The van der Waals surface area contributed by atoms with Gasteiger partial charge < -0.3 is 10.3 Å². The molecule has 6 heteroatoms. The third-order valence-electron chi connectivity index (χ3n) is 2.57. The number of benzene rings is 1. The topological polar surface area (TPSA) is 83.8 Å². The number of hydrogen-bond acceptors (Lipinski definition) is 4. The van der Waals surface area contributed by atoms with Crippen LogP contribution in [0.15, 0.2) is 24.4 Å². The second kappa shape index (κ2) is 4.87. The van der Waals surface area contributed by atoms with Gasteiger partial charge in [-0.25, -0.2) is 4.98 Å². The molecular weight excluding hydrogens is 232 g/mol. The number of nitro benzene ring substituents is 1. The Hall–Kier alpha value is -2.37. The number of nitro groups is 1. The van der Waals surface area contributed by atoms with Crippen LogP contribution in [-0.4, -0.2) is 14.9 Å². The van der Waals surface area contributed by atoms with Crippen LogP contribution in [-0.2, 0) is 6.54 Å². The maximum Gasteiger partial charge on any atom is 0.292 e. The SMILES string of the molecule is Cc1ccc(NCc2cnc(C)[nH]2)c([N+](=O)[O-])c1. The molecular formula is C12H14N4O2. The lowest BCUT2D eigenvalue weighted by molar-refractivity contribution is -0.384. The third-order valence-corrected chi connectivity index (χ3v) is 2.57. The van der Waals surface area contributed by atoms with E-state index in [9.17, 15) is 10.1 Å². The first-order chi connectivity index (χ1) is 8.56. The lowest BCUT2D eigenvalue weighted by Crippen LogP contribution is -2.03. The molecule has 0 radical (unpaired) electrons. The summed E-state index contributed by atoms with van der Waals surface area (Å²) in [6, 6.07) is 5.12. The number of aromatic nitrogens is 2. The number of hydrogen-bond donors (Lipinski definition) is 2. The van der Waals surface area contributed by atoms with Crippen molar-refractivity contribution < 1.29 is 4.92 Å². The van der Waals surface area contributed by atoms with E-state index in [0.29, 0.717) is 12.2 Å². The highest BCUT2D eigenvalue weighted by Crippen LogP contribution is 2.25. The molecule has 0 spiro atoms. The second-order valence-corrected chi connectivity index (χ2v) is 4.13. The van der Waals surface area contributed by atoms with Crippen molar-refractivity contribution in [2.24, 2.45) is 0 Å². The number of nitrogens with one attached hydrogen (secondary N) is 2. The minimum absolute atomic E-state index is 0.0891. The maximum atomic E-state index is 10.9. The summed E-state index contributed by atoms with van der Waals surface area (Å²) in [5, 5.41) is 14.0. The number of rotatable bonds is 4. The molecule has 1 aromatic carbocycles. The molecule has 0 saturated heterocycles. The molecule has 0 aliphatic heterocycles. The molecule has 94 valence electrons. The van der Waals surface area contributed by atoms with Gasteiger partial charge in [-0.3, -0.25) is 10.1 Å². The van der Waals surface area contributed by atoms with Crippen LogP contribution in [0.3, 0.4) is 0 Å². The molecule has 0 atom stereocenters. The predicted molar refractivity (Wildman–Crippen MR) is 68.5 cm³/mol. The summed E-state index contributed by atoms with van der Waals surface area (Å²) in [4.78, 5) is 17.7. The fourth-order valence-electron chi connectivity index (χ4n) is 1.69. The van der Waals surface area contributed by atoms with Gasteiger partial charge in [0, 0.05) is 6.07 Å². The highest BCUT2D eigenvalue weighted by molar-refractivity contribution is 5.62. The van der Waals surface area contributed by atoms with Crippen molar-refractivity contribution in [3.8, 4) is 0 Å². The largest absolute Gasteiger partial charge is 0.374 e. The summed E-state index contributed by atoms with van der Waals surface area (Å²) in [5.41, 5.74) is 2.36. The van der Waals surface area contributed by atoms with Crippen molar-refractivity contribution in [2.75, 3.05) is 5.32 Å². The van der Waals surface area contributed by atoms with E-state index < -0.39 is 0 Å². The van der Waals surface area contributed by atoms with Gasteiger partial charge in [0.2, 0.25) is 0 Å². The Labute approximate surface area is 104 Å². The zero-order valence-corrected chi connectivity index (χ0v) is 10.2. The Morgan fingerprint density at radius 1 is 1.44 bits per heavy atom. The number of aryl methyl sites for hydroxylation is 2. The minimum Gasteiger partial charge on any atom is -0.374 e. The van der Waals surface area contributed by atoms with Crippen molar-refractivity contribution in [1.29, 1.82) is 0 Å². The van der Waals surface area contributed by atoms with E-state index in [2.05, 4.69) is 15.3 Å². The third kappa shape index (κ3) is 2.65. The van der Waals surface area contributed by atoms with Crippen LogP contribution < -0.4 is 5.32 Å². The monoisotopic (exact) mass is 246 g/mol. The summed E-state index contributed by atoms with van der Waals surface area (Å²) >= 11 is 0. The van der Waals surface area contributed by atoms with Crippen molar-refractivity contribution >= 4 is 11.4 Å². The number of anilines is 1. The van der Waals surface area contributed by atoms with E-state index in [4.69, 9.17) is 0 Å². The standard InChI is InChI=1S/C12H14N4O2/c1-8-3-4-11(12(5-8)16(17)18)14-7-10-6-13-9(2)15-10/h3-6,14H,7H2,1-2H3,(H,13,15). The van der Waals surface area contributed by atoms with Crippen LogP contribution in [0.5, 0.6) is 0 Å². The van der Waals surface area contributed by atoms with Gasteiger partial charge in [0.05, 0.1) is 23.4 Å². The molecule has 2 N–H and O–H groups in total. The Balaban J connectivity index is 2.16. The summed E-state index contributed by atoms with van der Waals surface area (Å²) in [5.74, 6) is 0.824. The molecule has 6 nitrogen and oxygen atoms in total. The normalized spacial score (nSPS) is 10.3. The number of H-pyrrole nitrogens is 1. The van der Waals surface area contributed by atoms with E-state index >= 15 is 0 Å². The molecule has 0 fully saturated rings. The van der Waals surface area contributed by atoms with Gasteiger partial charge >= 0.3 is 0 Å². The van der Waals surface area contributed by atoms with Gasteiger partial charge in [-0.1, -0.05) is 6.07 Å². The Kier molecular flexibility index (Phi) is 3.27.